The van der Waals surface area contributed by atoms with Gasteiger partial charge in [-0.15, -0.1) is 11.8 Å². The number of carbonyl (C=O) groups is 1. The fourth-order valence-corrected chi connectivity index (χ4v) is 3.13. The average molecular weight is 329 g/mol. The Morgan fingerprint density at radius 2 is 1.74 bits per heavy atom. The van der Waals surface area contributed by atoms with Crippen molar-refractivity contribution in [1.29, 1.82) is 0 Å². The lowest BCUT2D eigenvalue weighted by Crippen LogP contribution is -2.15. The van der Waals surface area contributed by atoms with Crippen molar-refractivity contribution in [3.8, 4) is 5.75 Å². The molecule has 0 aromatic heterocycles. The van der Waals surface area contributed by atoms with Gasteiger partial charge in [-0.2, -0.15) is 0 Å². The van der Waals surface area contributed by atoms with Gasteiger partial charge in [-0.25, -0.2) is 0 Å². The van der Waals surface area contributed by atoms with Gasteiger partial charge in [0.2, 0.25) is 5.91 Å². The van der Waals surface area contributed by atoms with E-state index in [2.05, 4.69) is 12.2 Å². The van der Waals surface area contributed by atoms with E-state index in [4.69, 9.17) is 4.74 Å². The van der Waals surface area contributed by atoms with Crippen LogP contribution >= 0.6 is 11.8 Å². The monoisotopic (exact) mass is 329 g/mol. The summed E-state index contributed by atoms with van der Waals surface area (Å²) in [6, 6.07) is 15.9. The molecule has 0 aliphatic heterocycles. The summed E-state index contributed by atoms with van der Waals surface area (Å²) in [6.07, 6.45) is 0.908. The number of benzene rings is 2. The smallest absolute Gasteiger partial charge is 0.234 e. The van der Waals surface area contributed by atoms with E-state index < -0.39 is 0 Å². The summed E-state index contributed by atoms with van der Waals surface area (Å²) in [5, 5.41) is 3.00. The van der Waals surface area contributed by atoms with E-state index in [0.717, 1.165) is 34.7 Å². The Labute approximate surface area is 142 Å². The molecular formula is C19H23NO2S. The molecule has 0 unspecified atom stereocenters. The van der Waals surface area contributed by atoms with Gasteiger partial charge in [0.05, 0.1) is 12.4 Å². The average Bonchev–Trinajstić information content (AvgIpc) is 2.57. The molecule has 0 fully saturated rings. The third-order valence-electron chi connectivity index (χ3n) is 3.44. The van der Waals surface area contributed by atoms with Gasteiger partial charge in [-0.05, 0) is 31.0 Å². The molecule has 0 aliphatic carbocycles. The number of amides is 1. The van der Waals surface area contributed by atoms with E-state index >= 15 is 0 Å². The summed E-state index contributed by atoms with van der Waals surface area (Å²) in [4.78, 5) is 12.1. The van der Waals surface area contributed by atoms with Gasteiger partial charge in [-0.3, -0.25) is 4.79 Å². The Morgan fingerprint density at radius 1 is 1.04 bits per heavy atom. The van der Waals surface area contributed by atoms with Crippen LogP contribution in [0.15, 0.2) is 48.5 Å². The second-order valence-corrected chi connectivity index (χ2v) is 6.08. The highest BCUT2D eigenvalue weighted by molar-refractivity contribution is 7.99. The van der Waals surface area contributed by atoms with Gasteiger partial charge in [0.1, 0.15) is 5.75 Å². The Morgan fingerprint density at radius 3 is 2.48 bits per heavy atom. The molecule has 4 heteroatoms. The van der Waals surface area contributed by atoms with Crippen LogP contribution in [-0.4, -0.2) is 18.3 Å². The van der Waals surface area contributed by atoms with Crippen LogP contribution in [0, 0.1) is 0 Å². The molecular weight excluding hydrogens is 306 g/mol. The number of nitrogens with one attached hydrogen (secondary N) is 1. The van der Waals surface area contributed by atoms with Crippen LogP contribution < -0.4 is 10.1 Å². The molecule has 0 radical (unpaired) electrons. The lowest BCUT2D eigenvalue weighted by atomic mass is 10.1. The number of hydrogen-bond acceptors (Lipinski definition) is 3. The van der Waals surface area contributed by atoms with E-state index in [1.807, 2.05) is 55.5 Å². The molecule has 0 heterocycles. The van der Waals surface area contributed by atoms with Crippen molar-refractivity contribution in [2.24, 2.45) is 0 Å². The largest absolute Gasteiger partial charge is 0.494 e. The van der Waals surface area contributed by atoms with E-state index in [9.17, 15) is 4.79 Å². The van der Waals surface area contributed by atoms with E-state index in [0.29, 0.717) is 12.4 Å². The van der Waals surface area contributed by atoms with Crippen molar-refractivity contribution in [2.45, 2.75) is 26.0 Å². The predicted octanol–water partition coefficient (Wildman–Crippen LogP) is 4.52. The summed E-state index contributed by atoms with van der Waals surface area (Å²) in [7, 11) is 0. The van der Waals surface area contributed by atoms with Crippen LogP contribution in [0.5, 0.6) is 5.75 Å². The summed E-state index contributed by atoms with van der Waals surface area (Å²) in [5.41, 5.74) is 3.20. The minimum absolute atomic E-state index is 0.0322. The molecule has 122 valence electrons. The zero-order chi connectivity index (χ0) is 16.5. The minimum atomic E-state index is 0.0322. The highest BCUT2D eigenvalue weighted by Crippen LogP contribution is 2.23. The van der Waals surface area contributed by atoms with Crippen molar-refractivity contribution >= 4 is 23.4 Å². The fraction of sp³-hybridized carbons (Fsp3) is 0.316. The molecule has 1 amide bonds. The maximum atomic E-state index is 12.1. The van der Waals surface area contributed by atoms with Crippen molar-refractivity contribution in [2.75, 3.05) is 17.7 Å². The molecule has 2 aromatic rings. The third-order valence-corrected chi connectivity index (χ3v) is 4.42. The Balaban J connectivity index is 1.85. The van der Waals surface area contributed by atoms with Gasteiger partial charge in [0, 0.05) is 17.0 Å². The maximum absolute atomic E-state index is 12.1. The van der Waals surface area contributed by atoms with E-state index in [1.165, 1.54) is 0 Å². The molecule has 2 aromatic carbocycles. The first-order chi connectivity index (χ1) is 11.2. The number of hydrogen-bond donors (Lipinski definition) is 1. The van der Waals surface area contributed by atoms with Crippen molar-refractivity contribution in [3.05, 3.63) is 59.7 Å². The van der Waals surface area contributed by atoms with E-state index in [1.54, 1.807) is 11.8 Å². The van der Waals surface area contributed by atoms with Crippen molar-refractivity contribution in [1.82, 2.24) is 0 Å². The number of carbonyl (C=O) groups excluding carboxylic acids is 1. The molecule has 0 aliphatic rings. The Bertz CT molecular complexity index is 643. The van der Waals surface area contributed by atoms with Gasteiger partial charge < -0.3 is 10.1 Å². The quantitative estimate of drug-likeness (QED) is 0.774. The molecule has 23 heavy (non-hydrogen) atoms. The lowest BCUT2D eigenvalue weighted by molar-refractivity contribution is -0.113. The van der Waals surface area contributed by atoms with Crippen LogP contribution in [-0.2, 0) is 17.0 Å². The fourth-order valence-electron chi connectivity index (χ4n) is 2.31. The Hall–Kier alpha value is -1.94. The minimum Gasteiger partial charge on any atom is -0.494 e. The maximum Gasteiger partial charge on any atom is 0.234 e. The molecule has 2 rings (SSSR count). The van der Waals surface area contributed by atoms with Crippen LogP contribution in [0.25, 0.3) is 0 Å². The first-order valence-corrected chi connectivity index (χ1v) is 9.06. The first kappa shape index (κ1) is 17.4. The molecule has 0 saturated heterocycles. The summed E-state index contributed by atoms with van der Waals surface area (Å²) < 4.78 is 5.61. The zero-order valence-electron chi connectivity index (χ0n) is 13.7. The molecule has 3 nitrogen and oxygen atoms in total. The van der Waals surface area contributed by atoms with Crippen LogP contribution in [0.2, 0.25) is 0 Å². The van der Waals surface area contributed by atoms with E-state index in [-0.39, 0.29) is 5.91 Å². The van der Waals surface area contributed by atoms with Gasteiger partial charge in [0.25, 0.3) is 0 Å². The number of anilines is 1. The SMILES string of the molecule is CCOc1ccccc1CSCC(=O)Nc1ccccc1CC. The number of aryl methyl sites for hydroxylation is 1. The molecule has 0 bridgehead atoms. The third kappa shape index (κ3) is 5.32. The number of ether oxygens (including phenoxy) is 1. The van der Waals surface area contributed by atoms with Gasteiger partial charge in [-0.1, -0.05) is 43.3 Å². The standard InChI is InChI=1S/C19H23NO2S/c1-3-15-9-5-7-11-17(15)20-19(21)14-23-13-16-10-6-8-12-18(16)22-4-2/h5-12H,3-4,13-14H2,1-2H3,(H,20,21). The van der Waals surface area contributed by atoms with Crippen LogP contribution in [0.3, 0.4) is 0 Å². The molecule has 0 saturated carbocycles. The second kappa shape index (κ2) is 9.26. The predicted molar refractivity (Wildman–Crippen MR) is 98.2 cm³/mol. The van der Waals surface area contributed by atoms with Crippen molar-refractivity contribution in [3.63, 3.8) is 0 Å². The summed E-state index contributed by atoms with van der Waals surface area (Å²) in [5.74, 6) is 2.13. The highest BCUT2D eigenvalue weighted by atomic mass is 32.2. The van der Waals surface area contributed by atoms with Crippen LogP contribution in [0.1, 0.15) is 25.0 Å². The number of rotatable bonds is 8. The topological polar surface area (TPSA) is 38.3 Å². The molecule has 0 spiro atoms. The number of thioether (sulfide) groups is 1. The molecule has 1 N–H and O–H groups in total. The van der Waals surface area contributed by atoms with Crippen molar-refractivity contribution < 1.29 is 9.53 Å². The summed E-state index contributed by atoms with van der Waals surface area (Å²) >= 11 is 1.60. The molecule has 0 atom stereocenters. The first-order valence-electron chi connectivity index (χ1n) is 7.90. The Kier molecular flexibility index (Phi) is 7.01. The normalized spacial score (nSPS) is 10.3. The van der Waals surface area contributed by atoms with Gasteiger partial charge in [0.15, 0.2) is 0 Å². The summed E-state index contributed by atoms with van der Waals surface area (Å²) in [6.45, 7) is 4.71. The zero-order valence-corrected chi connectivity index (χ0v) is 14.5. The van der Waals surface area contributed by atoms with Crippen LogP contribution in [0.4, 0.5) is 5.69 Å². The highest BCUT2D eigenvalue weighted by Gasteiger charge is 2.07. The van der Waals surface area contributed by atoms with Gasteiger partial charge >= 0.3 is 0 Å². The second-order valence-electron chi connectivity index (χ2n) is 5.09. The number of para-hydroxylation sites is 2. The lowest BCUT2D eigenvalue weighted by Gasteiger charge is -2.11.